The van der Waals surface area contributed by atoms with E-state index in [4.69, 9.17) is 23.8 Å². The van der Waals surface area contributed by atoms with E-state index in [1.54, 1.807) is 0 Å². The molecule has 0 fully saturated rings. The number of hydrogen-bond donors (Lipinski definition) is 0. The Hall–Kier alpha value is -2.73. The van der Waals surface area contributed by atoms with Crippen molar-refractivity contribution >= 4 is 51.7 Å². The molecule has 5 rings (SSSR count). The summed E-state index contributed by atoms with van der Waals surface area (Å²) >= 11 is 13.8. The van der Waals surface area contributed by atoms with E-state index in [9.17, 15) is 4.79 Å². The number of aromatic nitrogens is 2. The van der Waals surface area contributed by atoms with Gasteiger partial charge in [-0.2, -0.15) is 0 Å². The molecule has 148 valence electrons. The molecule has 0 aliphatic carbocycles. The molecule has 0 saturated heterocycles. The van der Waals surface area contributed by atoms with Crippen LogP contribution < -0.4 is 5.56 Å². The van der Waals surface area contributed by atoms with Gasteiger partial charge in [-0.3, -0.25) is 13.8 Å². The number of para-hydroxylation sites is 1. The van der Waals surface area contributed by atoms with Gasteiger partial charge in [-0.15, -0.1) is 11.3 Å². The van der Waals surface area contributed by atoms with Gasteiger partial charge in [0.2, 0.25) is 0 Å². The van der Waals surface area contributed by atoms with E-state index < -0.39 is 0 Å². The van der Waals surface area contributed by atoms with Crippen LogP contribution in [0.3, 0.4) is 0 Å². The Morgan fingerprint density at radius 2 is 1.67 bits per heavy atom. The minimum absolute atomic E-state index is 0.0349. The second-order valence-electron chi connectivity index (χ2n) is 7.23. The van der Waals surface area contributed by atoms with Gasteiger partial charge in [0, 0.05) is 10.6 Å². The van der Waals surface area contributed by atoms with Crippen molar-refractivity contribution in [2.75, 3.05) is 0 Å². The van der Waals surface area contributed by atoms with E-state index in [0.29, 0.717) is 20.9 Å². The molecule has 0 saturated carbocycles. The summed E-state index contributed by atoms with van der Waals surface area (Å²) in [4.78, 5) is 14.5. The van der Waals surface area contributed by atoms with Gasteiger partial charge >= 0.3 is 0 Å². The topological polar surface area (TPSA) is 26.4 Å². The highest BCUT2D eigenvalue weighted by molar-refractivity contribution is 7.73. The number of nitrogens with zero attached hydrogens (tertiary/aromatic N) is 2. The highest BCUT2D eigenvalue weighted by Crippen LogP contribution is 2.37. The molecule has 30 heavy (non-hydrogen) atoms. The molecule has 0 aliphatic rings. The summed E-state index contributed by atoms with van der Waals surface area (Å²) in [5.74, 6) is 0. The first kappa shape index (κ1) is 19.2. The van der Waals surface area contributed by atoms with Gasteiger partial charge in [0.1, 0.15) is 5.65 Å². The number of halogens is 1. The molecule has 0 aliphatic heterocycles. The third-order valence-corrected chi connectivity index (χ3v) is 6.97. The first-order valence-electron chi connectivity index (χ1n) is 9.52. The van der Waals surface area contributed by atoms with Crippen LogP contribution in [0.5, 0.6) is 0 Å². The lowest BCUT2D eigenvalue weighted by atomic mass is 10.1. The van der Waals surface area contributed by atoms with Gasteiger partial charge < -0.3 is 0 Å². The molecule has 0 unspecified atom stereocenters. The summed E-state index contributed by atoms with van der Waals surface area (Å²) in [5.41, 5.74) is 4.68. The van der Waals surface area contributed by atoms with E-state index in [0.717, 1.165) is 27.2 Å². The smallest absolute Gasteiger partial charge is 0.261 e. The van der Waals surface area contributed by atoms with Gasteiger partial charge in [0.25, 0.3) is 5.56 Å². The molecule has 3 nitrogen and oxygen atoms in total. The summed E-state index contributed by atoms with van der Waals surface area (Å²) in [6.45, 7) is 2.51. The van der Waals surface area contributed by atoms with Crippen molar-refractivity contribution in [1.82, 2.24) is 8.97 Å². The van der Waals surface area contributed by atoms with Crippen LogP contribution in [-0.2, 0) is 6.54 Å². The van der Waals surface area contributed by atoms with Crippen LogP contribution in [0.15, 0.2) is 77.6 Å². The number of fused-ring (bicyclic) bond motifs is 3. The van der Waals surface area contributed by atoms with E-state index in [1.807, 2.05) is 57.5 Å². The maximum Gasteiger partial charge on any atom is 0.261 e. The monoisotopic (exact) mass is 448 g/mol. The molecule has 0 N–H and O–H groups in total. The lowest BCUT2D eigenvalue weighted by molar-refractivity contribution is 0.780. The Morgan fingerprint density at radius 1 is 0.967 bits per heavy atom. The Morgan fingerprint density at radius 3 is 2.43 bits per heavy atom. The molecule has 5 aromatic rings. The molecule has 0 bridgehead atoms. The van der Waals surface area contributed by atoms with Crippen molar-refractivity contribution in [2.24, 2.45) is 0 Å². The second-order valence-corrected chi connectivity index (χ2v) is 9.28. The zero-order valence-electron chi connectivity index (χ0n) is 16.1. The lowest BCUT2D eigenvalue weighted by Gasteiger charge is -2.14. The fourth-order valence-corrected chi connectivity index (χ4v) is 5.51. The zero-order valence-corrected chi connectivity index (χ0v) is 18.5. The number of thiazole rings is 1. The highest BCUT2D eigenvalue weighted by atomic mass is 35.5. The fraction of sp³-hybridized carbons (Fsp3) is 0.0833. The van der Waals surface area contributed by atoms with E-state index in [-0.39, 0.29) is 5.56 Å². The van der Waals surface area contributed by atoms with Gasteiger partial charge in [0.05, 0.1) is 22.3 Å². The summed E-state index contributed by atoms with van der Waals surface area (Å²) < 4.78 is 4.51. The minimum Gasteiger partial charge on any atom is -0.288 e. The van der Waals surface area contributed by atoms with Crippen molar-refractivity contribution in [1.29, 1.82) is 0 Å². The summed E-state index contributed by atoms with van der Waals surface area (Å²) in [6.07, 6.45) is 0. The third kappa shape index (κ3) is 3.10. The third-order valence-electron chi connectivity index (χ3n) is 5.24. The molecular formula is C24H17ClN2OS2. The van der Waals surface area contributed by atoms with Crippen LogP contribution in [0.4, 0.5) is 0 Å². The number of aryl methyl sites for hydroxylation is 1. The first-order chi connectivity index (χ1) is 14.5. The molecule has 0 atom stereocenters. The molecular weight excluding hydrogens is 432 g/mol. The van der Waals surface area contributed by atoms with Gasteiger partial charge in [-0.1, -0.05) is 71.8 Å². The van der Waals surface area contributed by atoms with Crippen LogP contribution in [0, 0.1) is 10.9 Å². The van der Waals surface area contributed by atoms with Crippen molar-refractivity contribution in [3.8, 4) is 10.4 Å². The van der Waals surface area contributed by atoms with Crippen LogP contribution in [0.25, 0.3) is 27.0 Å². The average Bonchev–Trinajstić information content (AvgIpc) is 3.10. The van der Waals surface area contributed by atoms with E-state index in [2.05, 4.69) is 31.2 Å². The summed E-state index contributed by atoms with van der Waals surface area (Å²) in [5, 5.41) is 1.29. The van der Waals surface area contributed by atoms with Gasteiger partial charge in [-0.05, 0) is 42.9 Å². The lowest BCUT2D eigenvalue weighted by Crippen LogP contribution is -2.23. The zero-order chi connectivity index (χ0) is 20.8. The summed E-state index contributed by atoms with van der Waals surface area (Å²) in [6, 6.07) is 23.5. The fourth-order valence-electron chi connectivity index (χ4n) is 3.76. The molecule has 6 heteroatoms. The van der Waals surface area contributed by atoms with Crippen LogP contribution in [0.1, 0.15) is 11.1 Å². The van der Waals surface area contributed by atoms with E-state index in [1.165, 1.54) is 16.9 Å². The first-order valence-corrected chi connectivity index (χ1v) is 11.1. The van der Waals surface area contributed by atoms with Crippen LogP contribution in [0.2, 0.25) is 5.02 Å². The largest absolute Gasteiger partial charge is 0.288 e. The molecule has 3 aromatic carbocycles. The normalized spacial score (nSPS) is 11.4. The van der Waals surface area contributed by atoms with Crippen molar-refractivity contribution in [2.45, 2.75) is 13.5 Å². The van der Waals surface area contributed by atoms with Gasteiger partial charge in [0.15, 0.2) is 3.95 Å². The molecule has 2 heterocycles. The number of benzene rings is 3. The molecule has 2 aromatic heterocycles. The van der Waals surface area contributed by atoms with Crippen molar-refractivity contribution < 1.29 is 0 Å². The highest BCUT2D eigenvalue weighted by Gasteiger charge is 2.19. The Bertz CT molecular complexity index is 1530. The maximum atomic E-state index is 13.6. The Kier molecular flexibility index (Phi) is 4.82. The van der Waals surface area contributed by atoms with Gasteiger partial charge in [-0.25, -0.2) is 0 Å². The summed E-state index contributed by atoms with van der Waals surface area (Å²) in [7, 11) is 0. The van der Waals surface area contributed by atoms with Crippen molar-refractivity contribution in [3.63, 3.8) is 0 Å². The standard InChI is InChI=1S/C24H17ClN2OS2/c1-15-10-12-16(13-11-15)14-26-22-21(17-6-2-4-8-19(17)25)30-24(29)27(22)20-9-5-3-7-18(20)23(26)28/h2-13H,14H2,1H3. The number of rotatable bonds is 3. The maximum absolute atomic E-state index is 13.6. The predicted molar refractivity (Wildman–Crippen MR) is 129 cm³/mol. The average molecular weight is 449 g/mol. The molecule has 0 amide bonds. The van der Waals surface area contributed by atoms with Crippen LogP contribution >= 0.6 is 35.2 Å². The quantitative estimate of drug-likeness (QED) is 0.286. The molecule has 0 spiro atoms. The SMILES string of the molecule is Cc1ccc(Cn2c(=O)c3ccccc3n3c(=S)sc(-c4ccccc4Cl)c23)cc1. The molecule has 0 radical (unpaired) electrons. The second kappa shape index (κ2) is 7.51. The Labute approximate surface area is 187 Å². The van der Waals surface area contributed by atoms with Crippen molar-refractivity contribution in [3.05, 3.63) is 103 Å². The van der Waals surface area contributed by atoms with E-state index >= 15 is 0 Å². The minimum atomic E-state index is -0.0349. The Balaban J connectivity index is 1.92. The van der Waals surface area contributed by atoms with Crippen LogP contribution in [-0.4, -0.2) is 8.97 Å². The predicted octanol–water partition coefficient (Wildman–Crippen LogP) is 6.72. The number of hydrogen-bond acceptors (Lipinski definition) is 3.